The molecule has 1 aromatic heterocycles. The second kappa shape index (κ2) is 5.33. The van der Waals surface area contributed by atoms with Gasteiger partial charge in [0.25, 0.3) is 0 Å². The number of nitrogens with zero attached hydrogens (tertiary/aromatic N) is 1. The predicted octanol–water partition coefficient (Wildman–Crippen LogP) is 3.81. The van der Waals surface area contributed by atoms with E-state index in [1.807, 2.05) is 32.9 Å². The maximum Gasteiger partial charge on any atom is 0.337 e. The van der Waals surface area contributed by atoms with E-state index in [-0.39, 0.29) is 5.56 Å². The van der Waals surface area contributed by atoms with E-state index in [1.165, 1.54) is 6.07 Å². The van der Waals surface area contributed by atoms with E-state index >= 15 is 0 Å². The number of carboxylic acids is 1. The minimum atomic E-state index is -0.982. The second-order valence-electron chi connectivity index (χ2n) is 4.84. The molecule has 0 aliphatic rings. The van der Waals surface area contributed by atoms with Crippen molar-refractivity contribution in [2.24, 2.45) is 0 Å². The molecule has 0 radical (unpaired) electrons. The number of aromatic nitrogens is 1. The Kier molecular flexibility index (Phi) is 3.74. The molecule has 104 valence electrons. The summed E-state index contributed by atoms with van der Waals surface area (Å²) in [6, 6.07) is 7.14. The van der Waals surface area contributed by atoms with Crippen LogP contribution in [-0.2, 0) is 0 Å². The van der Waals surface area contributed by atoms with E-state index in [0.29, 0.717) is 11.6 Å². The molecule has 2 rings (SSSR count). The van der Waals surface area contributed by atoms with Crippen LogP contribution in [0.1, 0.15) is 32.7 Å². The topological polar surface area (TPSA) is 59.4 Å². The summed E-state index contributed by atoms with van der Waals surface area (Å²) in [5, 5.41) is 8.99. The number of hydrogen-bond donors (Lipinski definition) is 1. The van der Waals surface area contributed by atoms with Crippen molar-refractivity contribution in [2.75, 3.05) is 0 Å². The number of carboxylic acid groups (broad SMARTS) is 1. The molecule has 1 N–H and O–H groups in total. The van der Waals surface area contributed by atoms with Crippen LogP contribution in [0.3, 0.4) is 0 Å². The average Bonchev–Trinajstić information content (AvgIpc) is 2.39. The minimum Gasteiger partial charge on any atom is -0.478 e. The van der Waals surface area contributed by atoms with Crippen molar-refractivity contribution in [2.45, 2.75) is 27.7 Å². The predicted molar refractivity (Wildman–Crippen MR) is 76.7 cm³/mol. The van der Waals surface area contributed by atoms with Crippen LogP contribution in [0.5, 0.6) is 11.6 Å². The van der Waals surface area contributed by atoms with Gasteiger partial charge in [-0.15, -0.1) is 0 Å². The van der Waals surface area contributed by atoms with Gasteiger partial charge < -0.3 is 9.84 Å². The second-order valence-corrected chi connectivity index (χ2v) is 4.84. The van der Waals surface area contributed by atoms with Crippen molar-refractivity contribution in [1.29, 1.82) is 0 Å². The lowest BCUT2D eigenvalue weighted by molar-refractivity contribution is 0.0695. The van der Waals surface area contributed by atoms with Gasteiger partial charge in [0.2, 0.25) is 5.88 Å². The first-order valence-corrected chi connectivity index (χ1v) is 6.35. The van der Waals surface area contributed by atoms with Crippen LogP contribution in [0.4, 0.5) is 0 Å². The Bertz CT molecular complexity index is 678. The van der Waals surface area contributed by atoms with Crippen molar-refractivity contribution in [1.82, 2.24) is 4.98 Å². The molecular weight excluding hydrogens is 254 g/mol. The molecule has 0 fully saturated rings. The normalized spacial score (nSPS) is 10.4. The molecule has 0 saturated carbocycles. The van der Waals surface area contributed by atoms with Crippen LogP contribution < -0.4 is 4.74 Å². The standard InChI is InChI=1S/C16H17NO3/c1-9-5-6-10(2)15(11(9)3)20-14-8-7-13(16(18)19)12(4)17-14/h5-8H,1-4H3,(H,18,19). The first-order chi connectivity index (χ1) is 9.40. The fourth-order valence-electron chi connectivity index (χ4n) is 2.01. The van der Waals surface area contributed by atoms with Crippen LogP contribution in [0.25, 0.3) is 0 Å². The molecule has 0 saturated heterocycles. The largest absolute Gasteiger partial charge is 0.478 e. The fourth-order valence-corrected chi connectivity index (χ4v) is 2.01. The third-order valence-electron chi connectivity index (χ3n) is 3.37. The van der Waals surface area contributed by atoms with E-state index in [0.717, 1.165) is 22.4 Å². The zero-order valence-electron chi connectivity index (χ0n) is 12.0. The number of pyridine rings is 1. The quantitative estimate of drug-likeness (QED) is 0.922. The highest BCUT2D eigenvalue weighted by atomic mass is 16.5. The Morgan fingerprint density at radius 1 is 1.05 bits per heavy atom. The van der Waals surface area contributed by atoms with Gasteiger partial charge in [0.05, 0.1) is 11.3 Å². The van der Waals surface area contributed by atoms with Gasteiger partial charge in [-0.25, -0.2) is 9.78 Å². The first-order valence-electron chi connectivity index (χ1n) is 6.35. The van der Waals surface area contributed by atoms with Crippen molar-refractivity contribution in [3.63, 3.8) is 0 Å². The Labute approximate surface area is 118 Å². The summed E-state index contributed by atoms with van der Waals surface area (Å²) in [4.78, 5) is 15.2. The molecule has 4 nitrogen and oxygen atoms in total. The summed E-state index contributed by atoms with van der Waals surface area (Å²) in [6.45, 7) is 7.65. The lowest BCUT2D eigenvalue weighted by Gasteiger charge is -2.13. The summed E-state index contributed by atoms with van der Waals surface area (Å²) in [5.74, 6) is 0.203. The van der Waals surface area contributed by atoms with Crippen molar-refractivity contribution >= 4 is 5.97 Å². The molecule has 1 heterocycles. The van der Waals surface area contributed by atoms with Crippen LogP contribution in [0, 0.1) is 27.7 Å². The number of hydrogen-bond acceptors (Lipinski definition) is 3. The molecule has 0 bridgehead atoms. The number of ether oxygens (including phenoxy) is 1. The average molecular weight is 271 g/mol. The summed E-state index contributed by atoms with van der Waals surface area (Å²) in [7, 11) is 0. The molecule has 0 unspecified atom stereocenters. The van der Waals surface area contributed by atoms with E-state index < -0.39 is 5.97 Å². The molecule has 0 atom stereocenters. The highest BCUT2D eigenvalue weighted by molar-refractivity contribution is 5.88. The zero-order valence-corrected chi connectivity index (χ0v) is 12.0. The Morgan fingerprint density at radius 3 is 2.30 bits per heavy atom. The van der Waals surface area contributed by atoms with Gasteiger partial charge in [0, 0.05) is 6.07 Å². The van der Waals surface area contributed by atoms with Crippen LogP contribution in [0.15, 0.2) is 24.3 Å². The molecule has 2 aromatic rings. The van der Waals surface area contributed by atoms with Gasteiger partial charge in [0.15, 0.2) is 0 Å². The smallest absolute Gasteiger partial charge is 0.337 e. The molecule has 1 aromatic carbocycles. The van der Waals surface area contributed by atoms with Gasteiger partial charge >= 0.3 is 5.97 Å². The molecule has 0 aliphatic heterocycles. The third-order valence-corrected chi connectivity index (χ3v) is 3.37. The monoisotopic (exact) mass is 271 g/mol. The first kappa shape index (κ1) is 14.1. The van der Waals surface area contributed by atoms with Crippen LogP contribution >= 0.6 is 0 Å². The lowest BCUT2D eigenvalue weighted by atomic mass is 10.1. The summed E-state index contributed by atoms with van der Waals surface area (Å²) < 4.78 is 5.83. The fraction of sp³-hybridized carbons (Fsp3) is 0.250. The van der Waals surface area contributed by atoms with E-state index in [1.54, 1.807) is 13.0 Å². The van der Waals surface area contributed by atoms with Gasteiger partial charge in [-0.05, 0) is 50.5 Å². The maximum atomic E-state index is 11.0. The van der Waals surface area contributed by atoms with E-state index in [4.69, 9.17) is 9.84 Å². The highest BCUT2D eigenvalue weighted by Gasteiger charge is 2.12. The molecule has 0 aliphatic carbocycles. The van der Waals surface area contributed by atoms with Crippen molar-refractivity contribution in [3.8, 4) is 11.6 Å². The van der Waals surface area contributed by atoms with Gasteiger partial charge in [-0.1, -0.05) is 12.1 Å². The number of aromatic carboxylic acids is 1. The van der Waals surface area contributed by atoms with Gasteiger partial charge in [-0.2, -0.15) is 0 Å². The zero-order chi connectivity index (χ0) is 14.9. The van der Waals surface area contributed by atoms with E-state index in [2.05, 4.69) is 4.98 Å². The summed E-state index contributed by atoms with van der Waals surface area (Å²) in [6.07, 6.45) is 0. The Hall–Kier alpha value is -2.36. The third kappa shape index (κ3) is 2.64. The Morgan fingerprint density at radius 2 is 1.70 bits per heavy atom. The number of carbonyl (C=O) groups is 1. The van der Waals surface area contributed by atoms with Gasteiger partial charge in [-0.3, -0.25) is 0 Å². The molecule has 0 amide bonds. The van der Waals surface area contributed by atoms with Crippen LogP contribution in [0.2, 0.25) is 0 Å². The number of aryl methyl sites for hydroxylation is 3. The Balaban J connectivity index is 2.39. The molecule has 20 heavy (non-hydrogen) atoms. The molecular formula is C16H17NO3. The van der Waals surface area contributed by atoms with E-state index in [9.17, 15) is 4.79 Å². The number of rotatable bonds is 3. The van der Waals surface area contributed by atoms with Crippen molar-refractivity contribution in [3.05, 3.63) is 52.2 Å². The summed E-state index contributed by atoms with van der Waals surface area (Å²) in [5.41, 5.74) is 3.86. The lowest BCUT2D eigenvalue weighted by Crippen LogP contribution is -2.03. The molecule has 4 heteroatoms. The minimum absolute atomic E-state index is 0.190. The SMILES string of the molecule is Cc1ccc(C)c(Oc2ccc(C(=O)O)c(C)n2)c1C. The van der Waals surface area contributed by atoms with Crippen molar-refractivity contribution < 1.29 is 14.6 Å². The maximum absolute atomic E-state index is 11.0. The highest BCUT2D eigenvalue weighted by Crippen LogP contribution is 2.30. The van der Waals surface area contributed by atoms with Crippen LogP contribution in [-0.4, -0.2) is 16.1 Å². The number of benzene rings is 1. The molecule has 0 spiro atoms. The van der Waals surface area contributed by atoms with Gasteiger partial charge in [0.1, 0.15) is 5.75 Å². The summed E-state index contributed by atoms with van der Waals surface area (Å²) >= 11 is 0.